The summed E-state index contributed by atoms with van der Waals surface area (Å²) in [5.41, 5.74) is 3.65. The summed E-state index contributed by atoms with van der Waals surface area (Å²) in [6.07, 6.45) is 3.37. The first kappa shape index (κ1) is 15.8. The Labute approximate surface area is 149 Å². The number of imidazole rings is 2. The third-order valence-corrected chi connectivity index (χ3v) is 4.50. The van der Waals surface area contributed by atoms with E-state index in [1.54, 1.807) is 21.2 Å². The number of halogens is 1. The number of carbonyl (C=O) groups excluding carboxylic acids is 1. The predicted octanol–water partition coefficient (Wildman–Crippen LogP) is 4.29. The van der Waals surface area contributed by atoms with Crippen molar-refractivity contribution in [1.29, 1.82) is 0 Å². The number of hydrogen-bond acceptors (Lipinski definition) is 3. The van der Waals surface area contributed by atoms with Gasteiger partial charge in [-0.25, -0.2) is 9.97 Å². The number of para-hydroxylation sites is 2. The predicted molar refractivity (Wildman–Crippen MR) is 98.4 cm³/mol. The maximum absolute atomic E-state index is 13.4. The van der Waals surface area contributed by atoms with Gasteiger partial charge >= 0.3 is 0 Å². The van der Waals surface area contributed by atoms with Gasteiger partial charge in [-0.3, -0.25) is 13.8 Å². The first-order chi connectivity index (χ1) is 12.1. The van der Waals surface area contributed by atoms with Crippen molar-refractivity contribution in [2.75, 3.05) is 0 Å². The number of fused-ring (bicyclic) bond motifs is 2. The van der Waals surface area contributed by atoms with E-state index in [1.807, 2.05) is 37.3 Å². The van der Waals surface area contributed by atoms with Crippen LogP contribution < -0.4 is 0 Å². The Morgan fingerprint density at radius 2 is 1.96 bits per heavy atom. The van der Waals surface area contributed by atoms with Crippen molar-refractivity contribution < 1.29 is 4.79 Å². The SMILES string of the molecule is CCCc1nc2ccc(Cl)cn2c1C(=O)n1c(C)nc2ccccc21. The van der Waals surface area contributed by atoms with Crippen molar-refractivity contribution in [3.05, 3.63) is 64.8 Å². The van der Waals surface area contributed by atoms with E-state index in [9.17, 15) is 4.79 Å². The maximum Gasteiger partial charge on any atom is 0.282 e. The van der Waals surface area contributed by atoms with E-state index in [0.29, 0.717) is 16.5 Å². The minimum absolute atomic E-state index is 0.135. The first-order valence-electron chi connectivity index (χ1n) is 8.25. The van der Waals surface area contributed by atoms with Gasteiger partial charge in [-0.1, -0.05) is 37.1 Å². The summed E-state index contributed by atoms with van der Waals surface area (Å²) >= 11 is 6.15. The van der Waals surface area contributed by atoms with E-state index >= 15 is 0 Å². The molecule has 0 amide bonds. The second kappa shape index (κ2) is 6.01. The summed E-state index contributed by atoms with van der Waals surface area (Å²) in [7, 11) is 0. The molecule has 0 bridgehead atoms. The highest BCUT2D eigenvalue weighted by molar-refractivity contribution is 6.30. The lowest BCUT2D eigenvalue weighted by Gasteiger charge is -2.08. The van der Waals surface area contributed by atoms with Crippen LogP contribution in [-0.2, 0) is 6.42 Å². The van der Waals surface area contributed by atoms with Gasteiger partial charge in [0.15, 0.2) is 0 Å². The van der Waals surface area contributed by atoms with Crippen molar-refractivity contribution >= 4 is 34.2 Å². The molecule has 126 valence electrons. The van der Waals surface area contributed by atoms with Crippen LogP contribution >= 0.6 is 11.6 Å². The van der Waals surface area contributed by atoms with Crippen molar-refractivity contribution in [1.82, 2.24) is 18.9 Å². The zero-order valence-corrected chi connectivity index (χ0v) is 14.8. The molecule has 0 radical (unpaired) electrons. The molecule has 3 heterocycles. The molecule has 5 nitrogen and oxygen atoms in total. The monoisotopic (exact) mass is 352 g/mol. The lowest BCUT2D eigenvalue weighted by Crippen LogP contribution is -2.17. The topological polar surface area (TPSA) is 52.2 Å². The molecular formula is C19H17ClN4O. The highest BCUT2D eigenvalue weighted by atomic mass is 35.5. The highest BCUT2D eigenvalue weighted by Crippen LogP contribution is 2.22. The average Bonchev–Trinajstić information content (AvgIpc) is 3.10. The molecule has 25 heavy (non-hydrogen) atoms. The molecule has 3 aromatic heterocycles. The first-order valence-corrected chi connectivity index (χ1v) is 8.63. The Kier molecular flexibility index (Phi) is 3.81. The third kappa shape index (κ3) is 2.51. The number of aromatic nitrogens is 4. The highest BCUT2D eigenvalue weighted by Gasteiger charge is 2.23. The maximum atomic E-state index is 13.4. The second-order valence-electron chi connectivity index (χ2n) is 6.02. The lowest BCUT2D eigenvalue weighted by atomic mass is 10.2. The third-order valence-electron chi connectivity index (χ3n) is 4.28. The zero-order chi connectivity index (χ0) is 17.6. The molecule has 0 saturated heterocycles. The molecule has 4 rings (SSSR count). The summed E-state index contributed by atoms with van der Waals surface area (Å²) in [6.45, 7) is 3.91. The molecule has 0 unspecified atom stereocenters. The van der Waals surface area contributed by atoms with E-state index < -0.39 is 0 Å². The summed E-state index contributed by atoms with van der Waals surface area (Å²) in [6, 6.07) is 11.3. The van der Waals surface area contributed by atoms with Crippen LogP contribution in [0.5, 0.6) is 0 Å². The Morgan fingerprint density at radius 3 is 2.76 bits per heavy atom. The van der Waals surface area contributed by atoms with Crippen LogP contribution in [0.15, 0.2) is 42.6 Å². The van der Waals surface area contributed by atoms with Crippen molar-refractivity contribution in [3.8, 4) is 0 Å². The van der Waals surface area contributed by atoms with Crippen LogP contribution in [0.4, 0.5) is 0 Å². The largest absolute Gasteiger partial charge is 0.294 e. The Hall–Kier alpha value is -2.66. The molecule has 0 saturated carbocycles. The Bertz CT molecular complexity index is 1110. The molecule has 0 fully saturated rings. The van der Waals surface area contributed by atoms with Crippen LogP contribution in [0.3, 0.4) is 0 Å². The van der Waals surface area contributed by atoms with E-state index in [2.05, 4.69) is 16.9 Å². The molecule has 0 N–H and O–H groups in total. The Balaban J connectivity index is 1.99. The number of pyridine rings is 1. The minimum Gasteiger partial charge on any atom is -0.294 e. The number of hydrogen-bond donors (Lipinski definition) is 0. The van der Waals surface area contributed by atoms with Crippen LogP contribution in [0, 0.1) is 6.92 Å². The quantitative estimate of drug-likeness (QED) is 0.552. The van der Waals surface area contributed by atoms with Gasteiger partial charge in [-0.2, -0.15) is 0 Å². The number of rotatable bonds is 3. The van der Waals surface area contributed by atoms with E-state index in [1.165, 1.54) is 0 Å². The van der Waals surface area contributed by atoms with Gasteiger partial charge < -0.3 is 0 Å². The fourth-order valence-corrected chi connectivity index (χ4v) is 3.37. The summed E-state index contributed by atoms with van der Waals surface area (Å²) in [5.74, 6) is 0.523. The smallest absolute Gasteiger partial charge is 0.282 e. The molecule has 0 atom stereocenters. The average molecular weight is 353 g/mol. The summed E-state index contributed by atoms with van der Waals surface area (Å²) in [5, 5.41) is 0.564. The number of benzene rings is 1. The second-order valence-corrected chi connectivity index (χ2v) is 6.46. The van der Waals surface area contributed by atoms with Gasteiger partial charge in [0.25, 0.3) is 5.91 Å². The molecule has 6 heteroatoms. The molecule has 4 aromatic rings. The van der Waals surface area contributed by atoms with Crippen LogP contribution in [0.1, 0.15) is 35.4 Å². The fraction of sp³-hybridized carbons (Fsp3) is 0.211. The zero-order valence-electron chi connectivity index (χ0n) is 14.0. The van der Waals surface area contributed by atoms with E-state index in [-0.39, 0.29) is 5.91 Å². The molecule has 0 aliphatic heterocycles. The number of carbonyl (C=O) groups is 1. The van der Waals surface area contributed by atoms with Crippen molar-refractivity contribution in [3.63, 3.8) is 0 Å². The lowest BCUT2D eigenvalue weighted by molar-refractivity contribution is 0.0955. The van der Waals surface area contributed by atoms with Crippen molar-refractivity contribution in [2.24, 2.45) is 0 Å². The van der Waals surface area contributed by atoms with E-state index in [4.69, 9.17) is 11.6 Å². The van der Waals surface area contributed by atoms with Crippen LogP contribution in [0.2, 0.25) is 5.02 Å². The number of nitrogens with zero attached hydrogens (tertiary/aromatic N) is 4. The molecule has 1 aromatic carbocycles. The van der Waals surface area contributed by atoms with Crippen LogP contribution in [0.25, 0.3) is 16.7 Å². The van der Waals surface area contributed by atoms with Crippen molar-refractivity contribution in [2.45, 2.75) is 26.7 Å². The van der Waals surface area contributed by atoms with E-state index in [0.717, 1.165) is 35.2 Å². The minimum atomic E-state index is -0.135. The van der Waals surface area contributed by atoms with Gasteiger partial charge in [0.2, 0.25) is 0 Å². The van der Waals surface area contributed by atoms with Gasteiger partial charge in [0.1, 0.15) is 17.2 Å². The van der Waals surface area contributed by atoms with Gasteiger partial charge in [-0.15, -0.1) is 0 Å². The summed E-state index contributed by atoms with van der Waals surface area (Å²) < 4.78 is 3.43. The van der Waals surface area contributed by atoms with Gasteiger partial charge in [-0.05, 0) is 37.6 Å². The number of aryl methyl sites for hydroxylation is 2. The fourth-order valence-electron chi connectivity index (χ4n) is 3.21. The van der Waals surface area contributed by atoms with Gasteiger partial charge in [0.05, 0.1) is 21.7 Å². The standard InChI is InChI=1S/C19H17ClN4O/c1-3-6-15-18(23-11-13(20)9-10-17(23)22-15)19(25)24-12(2)21-14-7-4-5-8-16(14)24/h4-5,7-11H,3,6H2,1-2H3. The Morgan fingerprint density at radius 1 is 1.16 bits per heavy atom. The molecule has 0 aliphatic rings. The van der Waals surface area contributed by atoms with Gasteiger partial charge in [0, 0.05) is 6.20 Å². The molecular weight excluding hydrogens is 336 g/mol. The summed E-state index contributed by atoms with van der Waals surface area (Å²) in [4.78, 5) is 22.6. The normalized spacial score (nSPS) is 11.5. The molecule has 0 aliphatic carbocycles. The molecule has 0 spiro atoms. The van der Waals surface area contributed by atoms with Crippen LogP contribution in [-0.4, -0.2) is 24.8 Å².